The van der Waals surface area contributed by atoms with Crippen molar-refractivity contribution in [3.63, 3.8) is 0 Å². The molecule has 0 aromatic heterocycles. The van der Waals surface area contributed by atoms with E-state index in [4.69, 9.17) is 0 Å². The minimum Gasteiger partial charge on any atom is -0.326 e. The third kappa shape index (κ3) is 3.68. The molecule has 1 atom stereocenters. The molecule has 0 radical (unpaired) electrons. The molecular formula is C23H26N2O2S. The van der Waals surface area contributed by atoms with Gasteiger partial charge in [-0.1, -0.05) is 37.1 Å². The molecule has 2 aromatic rings. The Balaban J connectivity index is 1.53. The first-order chi connectivity index (χ1) is 13.5. The Morgan fingerprint density at radius 3 is 2.50 bits per heavy atom. The molecule has 1 saturated carbocycles. The lowest BCUT2D eigenvalue weighted by atomic mass is 10.1. The fraction of sp³-hybridized carbons (Fsp3) is 0.391. The summed E-state index contributed by atoms with van der Waals surface area (Å²) in [5.74, 6) is 0.913. The summed E-state index contributed by atoms with van der Waals surface area (Å²) in [5, 5.41) is 3.01. The molecule has 1 aliphatic heterocycles. The number of thioether (sulfide) groups is 1. The number of hydrogen-bond donors (Lipinski definition) is 1. The van der Waals surface area contributed by atoms with Crippen molar-refractivity contribution in [1.82, 2.24) is 0 Å². The van der Waals surface area contributed by atoms with Crippen molar-refractivity contribution < 1.29 is 9.59 Å². The van der Waals surface area contributed by atoms with Gasteiger partial charge in [-0.25, -0.2) is 0 Å². The van der Waals surface area contributed by atoms with Crippen LogP contribution in [0.25, 0.3) is 0 Å². The van der Waals surface area contributed by atoms with Crippen molar-refractivity contribution in [2.24, 2.45) is 5.92 Å². The van der Waals surface area contributed by atoms with E-state index in [9.17, 15) is 9.59 Å². The molecule has 1 saturated heterocycles. The third-order valence-electron chi connectivity index (χ3n) is 5.89. The van der Waals surface area contributed by atoms with Crippen LogP contribution < -0.4 is 10.2 Å². The highest BCUT2D eigenvalue weighted by Gasteiger charge is 2.35. The highest BCUT2D eigenvalue weighted by atomic mass is 32.2. The van der Waals surface area contributed by atoms with E-state index in [-0.39, 0.29) is 23.1 Å². The topological polar surface area (TPSA) is 49.4 Å². The number of nitrogens with one attached hydrogen (secondary N) is 1. The smallest absolute Gasteiger partial charge is 0.238 e. The van der Waals surface area contributed by atoms with Gasteiger partial charge in [-0.05, 0) is 61.6 Å². The van der Waals surface area contributed by atoms with E-state index in [0.29, 0.717) is 5.75 Å². The van der Waals surface area contributed by atoms with E-state index in [0.717, 1.165) is 48.2 Å². The summed E-state index contributed by atoms with van der Waals surface area (Å²) in [6, 6.07) is 14.1. The highest BCUT2D eigenvalue weighted by molar-refractivity contribution is 8.00. The molecule has 1 aliphatic carbocycles. The molecule has 1 heterocycles. The van der Waals surface area contributed by atoms with E-state index in [1.54, 1.807) is 11.8 Å². The van der Waals surface area contributed by atoms with Gasteiger partial charge in [-0.3, -0.25) is 14.5 Å². The number of rotatable bonds is 4. The van der Waals surface area contributed by atoms with Crippen molar-refractivity contribution in [3.05, 3.63) is 59.2 Å². The summed E-state index contributed by atoms with van der Waals surface area (Å²) in [7, 11) is 0. The van der Waals surface area contributed by atoms with Gasteiger partial charge in [0.1, 0.15) is 5.37 Å². The largest absolute Gasteiger partial charge is 0.326 e. The van der Waals surface area contributed by atoms with Gasteiger partial charge < -0.3 is 5.32 Å². The Hall–Kier alpha value is -2.27. The minimum absolute atomic E-state index is 0.0346. The van der Waals surface area contributed by atoms with E-state index in [2.05, 4.69) is 25.2 Å². The third-order valence-corrected chi connectivity index (χ3v) is 7.11. The SMILES string of the molecule is Cc1cccc(N2C(=O)CS[C@H]2c2ccc(NC(=O)C3CCCC3)cc2)c1C. The van der Waals surface area contributed by atoms with Gasteiger partial charge >= 0.3 is 0 Å². The quantitative estimate of drug-likeness (QED) is 0.774. The Morgan fingerprint density at radius 1 is 1.07 bits per heavy atom. The number of carbonyl (C=O) groups excluding carboxylic acids is 2. The van der Waals surface area contributed by atoms with Crippen LogP contribution in [-0.2, 0) is 9.59 Å². The number of hydrogen-bond acceptors (Lipinski definition) is 3. The first-order valence-electron chi connectivity index (χ1n) is 9.95. The zero-order valence-corrected chi connectivity index (χ0v) is 17.2. The summed E-state index contributed by atoms with van der Waals surface area (Å²) < 4.78 is 0. The van der Waals surface area contributed by atoms with Crippen LogP contribution in [0.2, 0.25) is 0 Å². The van der Waals surface area contributed by atoms with Gasteiger partial charge in [0.2, 0.25) is 11.8 Å². The molecule has 2 aromatic carbocycles. The average molecular weight is 395 g/mol. The fourth-order valence-corrected chi connectivity index (χ4v) is 5.26. The first-order valence-corrected chi connectivity index (χ1v) is 11.0. The number of aryl methyl sites for hydroxylation is 1. The number of anilines is 2. The van der Waals surface area contributed by atoms with Crippen LogP contribution in [0.15, 0.2) is 42.5 Å². The zero-order valence-electron chi connectivity index (χ0n) is 16.4. The maximum absolute atomic E-state index is 12.6. The lowest BCUT2D eigenvalue weighted by Gasteiger charge is -2.26. The molecule has 1 N–H and O–H groups in total. The molecule has 4 nitrogen and oxygen atoms in total. The summed E-state index contributed by atoms with van der Waals surface area (Å²) >= 11 is 1.65. The van der Waals surface area contributed by atoms with E-state index in [1.807, 2.05) is 41.3 Å². The highest BCUT2D eigenvalue weighted by Crippen LogP contribution is 2.43. The predicted octanol–water partition coefficient (Wildman–Crippen LogP) is 5.21. The van der Waals surface area contributed by atoms with Crippen LogP contribution in [0.3, 0.4) is 0 Å². The zero-order chi connectivity index (χ0) is 19.7. The van der Waals surface area contributed by atoms with Crippen LogP contribution in [0.4, 0.5) is 11.4 Å². The van der Waals surface area contributed by atoms with Crippen LogP contribution in [0.5, 0.6) is 0 Å². The Labute approximate surface area is 170 Å². The van der Waals surface area contributed by atoms with Crippen LogP contribution >= 0.6 is 11.8 Å². The van der Waals surface area contributed by atoms with Crippen molar-refractivity contribution in [2.45, 2.75) is 44.9 Å². The predicted molar refractivity (Wildman–Crippen MR) is 116 cm³/mol. The van der Waals surface area contributed by atoms with E-state index < -0.39 is 0 Å². The molecule has 2 amide bonds. The summed E-state index contributed by atoms with van der Waals surface area (Å²) in [6.07, 6.45) is 4.29. The second-order valence-electron chi connectivity index (χ2n) is 7.74. The fourth-order valence-electron chi connectivity index (χ4n) is 4.09. The molecule has 28 heavy (non-hydrogen) atoms. The summed E-state index contributed by atoms with van der Waals surface area (Å²) in [5.41, 5.74) is 5.22. The van der Waals surface area contributed by atoms with Gasteiger partial charge in [-0.15, -0.1) is 11.8 Å². The minimum atomic E-state index is -0.0346. The molecule has 2 fully saturated rings. The van der Waals surface area contributed by atoms with Crippen molar-refractivity contribution in [1.29, 1.82) is 0 Å². The average Bonchev–Trinajstić information content (AvgIpc) is 3.35. The summed E-state index contributed by atoms with van der Waals surface area (Å²) in [4.78, 5) is 26.9. The van der Waals surface area contributed by atoms with Crippen molar-refractivity contribution in [2.75, 3.05) is 16.0 Å². The van der Waals surface area contributed by atoms with E-state index in [1.165, 1.54) is 5.56 Å². The molecule has 146 valence electrons. The molecule has 2 aliphatic rings. The van der Waals surface area contributed by atoms with Gasteiger partial charge in [0.25, 0.3) is 0 Å². The normalized spacial score (nSPS) is 20.0. The van der Waals surface area contributed by atoms with Gasteiger partial charge in [0.15, 0.2) is 0 Å². The number of benzene rings is 2. The van der Waals surface area contributed by atoms with Crippen molar-refractivity contribution >= 4 is 35.0 Å². The number of carbonyl (C=O) groups is 2. The molecule has 5 heteroatoms. The molecule has 4 rings (SSSR count). The monoisotopic (exact) mass is 394 g/mol. The number of nitrogens with zero attached hydrogens (tertiary/aromatic N) is 1. The standard InChI is InChI=1S/C23H26N2O2S/c1-15-6-5-9-20(16(15)2)25-21(26)14-28-23(25)18-10-12-19(13-11-18)24-22(27)17-7-3-4-8-17/h5-6,9-13,17,23H,3-4,7-8,14H2,1-2H3,(H,24,27)/t23-/m0/s1. The first kappa shape index (κ1) is 19.1. The van der Waals surface area contributed by atoms with Gasteiger partial charge in [0, 0.05) is 17.3 Å². The Bertz CT molecular complexity index is 888. The van der Waals surface area contributed by atoms with Crippen LogP contribution in [0, 0.1) is 19.8 Å². The maximum atomic E-state index is 12.6. The van der Waals surface area contributed by atoms with Gasteiger partial charge in [0.05, 0.1) is 5.75 Å². The molecular weight excluding hydrogens is 368 g/mol. The van der Waals surface area contributed by atoms with Gasteiger partial charge in [-0.2, -0.15) is 0 Å². The number of amides is 2. The Kier molecular flexibility index (Phi) is 5.44. The molecule has 0 spiro atoms. The lowest BCUT2D eigenvalue weighted by molar-refractivity contribution is -0.119. The van der Waals surface area contributed by atoms with Crippen molar-refractivity contribution in [3.8, 4) is 0 Å². The van der Waals surface area contributed by atoms with Crippen LogP contribution in [0.1, 0.15) is 47.7 Å². The molecule has 0 bridgehead atoms. The second kappa shape index (κ2) is 8.00. The van der Waals surface area contributed by atoms with Crippen LogP contribution in [-0.4, -0.2) is 17.6 Å². The Morgan fingerprint density at radius 2 is 1.79 bits per heavy atom. The molecule has 0 unspecified atom stereocenters. The van der Waals surface area contributed by atoms with E-state index >= 15 is 0 Å². The lowest BCUT2D eigenvalue weighted by Crippen LogP contribution is -2.28. The summed E-state index contributed by atoms with van der Waals surface area (Å²) in [6.45, 7) is 4.14. The second-order valence-corrected chi connectivity index (χ2v) is 8.81. The maximum Gasteiger partial charge on any atom is 0.238 e.